The number of carbonyl (C=O) groups is 2. The third kappa shape index (κ3) is 2.73. The molecule has 0 bridgehead atoms. The lowest BCUT2D eigenvalue weighted by Crippen LogP contribution is -2.61. The summed E-state index contributed by atoms with van der Waals surface area (Å²) in [4.78, 5) is 30.7. The third-order valence-corrected chi connectivity index (χ3v) is 4.15. The Hall–Kier alpha value is -2.83. The molecule has 1 aliphatic rings. The Kier molecular flexibility index (Phi) is 4.01. The highest BCUT2D eigenvalue weighted by Gasteiger charge is 2.49. The molecule has 1 aromatic heterocycles. The van der Waals surface area contributed by atoms with E-state index < -0.39 is 11.5 Å². The number of carbonyl (C=O) groups excluding carboxylic acids is 2. The van der Waals surface area contributed by atoms with E-state index >= 15 is 0 Å². The van der Waals surface area contributed by atoms with Gasteiger partial charge < -0.3 is 19.5 Å². The Morgan fingerprint density at radius 2 is 2.21 bits per heavy atom. The Labute approximate surface area is 140 Å². The highest BCUT2D eigenvalue weighted by Crippen LogP contribution is 2.37. The largest absolute Gasteiger partial charge is 0.466 e. The Bertz CT molecular complexity index is 772. The van der Waals surface area contributed by atoms with E-state index in [1.54, 1.807) is 25.6 Å². The van der Waals surface area contributed by atoms with Crippen LogP contribution < -0.4 is 15.0 Å². The van der Waals surface area contributed by atoms with Crippen LogP contribution in [0.15, 0.2) is 36.9 Å². The van der Waals surface area contributed by atoms with E-state index in [0.717, 1.165) is 5.56 Å². The highest BCUT2D eigenvalue weighted by molar-refractivity contribution is 6.16. The van der Waals surface area contributed by atoms with Crippen molar-refractivity contribution in [2.45, 2.75) is 26.0 Å². The lowest BCUT2D eigenvalue weighted by Gasteiger charge is -2.38. The lowest BCUT2D eigenvalue weighted by atomic mass is 10.00. The van der Waals surface area contributed by atoms with Gasteiger partial charge in [-0.15, -0.1) is 0 Å². The van der Waals surface area contributed by atoms with Gasteiger partial charge in [-0.3, -0.25) is 9.59 Å². The van der Waals surface area contributed by atoms with Gasteiger partial charge in [0, 0.05) is 32.5 Å². The van der Waals surface area contributed by atoms with E-state index in [4.69, 9.17) is 4.74 Å². The smallest absolute Gasteiger partial charge is 0.280 e. The van der Waals surface area contributed by atoms with Crippen LogP contribution in [-0.2, 0) is 16.1 Å². The number of nitrogens with zero attached hydrogens (tertiary/aromatic N) is 3. The number of amides is 2. The maximum atomic E-state index is 12.7. The van der Waals surface area contributed by atoms with Crippen molar-refractivity contribution in [3.8, 4) is 5.75 Å². The summed E-state index contributed by atoms with van der Waals surface area (Å²) in [7, 11) is 1.65. The fourth-order valence-corrected chi connectivity index (χ4v) is 2.70. The minimum absolute atomic E-state index is 0.381. The quantitative estimate of drug-likeness (QED) is 0.854. The second kappa shape index (κ2) is 5.99. The summed E-state index contributed by atoms with van der Waals surface area (Å²) >= 11 is 0. The van der Waals surface area contributed by atoms with Gasteiger partial charge in [-0.1, -0.05) is 6.07 Å². The molecule has 7 heteroatoms. The first-order chi connectivity index (χ1) is 11.4. The van der Waals surface area contributed by atoms with Crippen molar-refractivity contribution >= 4 is 17.5 Å². The Morgan fingerprint density at radius 3 is 2.92 bits per heavy atom. The fraction of sp³-hybridized carbons (Fsp3) is 0.353. The topological polar surface area (TPSA) is 76.5 Å². The number of ether oxygens (including phenoxy) is 1. The SMILES string of the molecule is Cc1ccc2c(c1)N(C)C(=O)C(C)(C(=O)NCCn1ccnc1)O2. The van der Waals surface area contributed by atoms with Gasteiger partial charge >= 0.3 is 0 Å². The second-order valence-electron chi connectivity index (χ2n) is 6.03. The molecule has 1 aliphatic heterocycles. The zero-order valence-electron chi connectivity index (χ0n) is 13.9. The van der Waals surface area contributed by atoms with Crippen LogP contribution >= 0.6 is 0 Å². The summed E-state index contributed by atoms with van der Waals surface area (Å²) in [5.41, 5.74) is 0.112. The van der Waals surface area contributed by atoms with E-state index in [2.05, 4.69) is 10.3 Å². The fourth-order valence-electron chi connectivity index (χ4n) is 2.70. The Morgan fingerprint density at radius 1 is 1.42 bits per heavy atom. The number of anilines is 1. The van der Waals surface area contributed by atoms with Crippen molar-refractivity contribution in [2.24, 2.45) is 0 Å². The highest BCUT2D eigenvalue weighted by atomic mass is 16.5. The minimum atomic E-state index is -1.58. The molecule has 1 N–H and O–H groups in total. The molecule has 126 valence electrons. The molecule has 2 heterocycles. The predicted molar refractivity (Wildman–Crippen MR) is 88.9 cm³/mol. The molecular weight excluding hydrogens is 308 g/mol. The minimum Gasteiger partial charge on any atom is -0.466 e. The third-order valence-electron chi connectivity index (χ3n) is 4.15. The van der Waals surface area contributed by atoms with Crippen LogP contribution in [0.5, 0.6) is 5.75 Å². The summed E-state index contributed by atoms with van der Waals surface area (Å²) in [5, 5.41) is 2.76. The number of likely N-dealkylation sites (N-methyl/N-ethyl adjacent to an activating group) is 1. The number of hydrogen-bond acceptors (Lipinski definition) is 4. The van der Waals surface area contributed by atoms with Gasteiger partial charge in [0.2, 0.25) is 0 Å². The van der Waals surface area contributed by atoms with Gasteiger partial charge in [0.1, 0.15) is 5.75 Å². The van der Waals surface area contributed by atoms with E-state index in [0.29, 0.717) is 24.5 Å². The molecule has 0 fully saturated rings. The monoisotopic (exact) mass is 328 g/mol. The number of nitrogens with one attached hydrogen (secondary N) is 1. The van der Waals surface area contributed by atoms with Crippen LogP contribution in [0.2, 0.25) is 0 Å². The zero-order valence-corrected chi connectivity index (χ0v) is 13.9. The average Bonchev–Trinajstić information content (AvgIpc) is 3.07. The van der Waals surface area contributed by atoms with Gasteiger partial charge in [0.15, 0.2) is 0 Å². The summed E-state index contributed by atoms with van der Waals surface area (Å²) in [6.45, 7) is 4.39. The Balaban J connectivity index is 1.75. The van der Waals surface area contributed by atoms with Crippen LogP contribution in [0.4, 0.5) is 5.69 Å². The molecule has 0 radical (unpaired) electrons. The average molecular weight is 328 g/mol. The van der Waals surface area contributed by atoms with E-state index in [9.17, 15) is 9.59 Å². The summed E-state index contributed by atoms with van der Waals surface area (Å²) < 4.78 is 7.63. The molecule has 0 saturated carbocycles. The van der Waals surface area contributed by atoms with Crippen LogP contribution in [0.3, 0.4) is 0 Å². The van der Waals surface area contributed by atoms with Crippen LogP contribution in [0.1, 0.15) is 12.5 Å². The summed E-state index contributed by atoms with van der Waals surface area (Å²) in [6, 6.07) is 5.54. The van der Waals surface area contributed by atoms with Crippen molar-refractivity contribution < 1.29 is 14.3 Å². The number of imidazole rings is 1. The molecule has 7 nitrogen and oxygen atoms in total. The van der Waals surface area contributed by atoms with Gasteiger partial charge in [-0.2, -0.15) is 0 Å². The van der Waals surface area contributed by atoms with Crippen LogP contribution in [0, 0.1) is 6.92 Å². The molecule has 2 aromatic rings. The zero-order chi connectivity index (χ0) is 17.3. The summed E-state index contributed by atoms with van der Waals surface area (Å²) in [6.07, 6.45) is 5.15. The lowest BCUT2D eigenvalue weighted by molar-refractivity contribution is -0.148. The van der Waals surface area contributed by atoms with Crippen LogP contribution in [-0.4, -0.2) is 40.6 Å². The molecular formula is C17H20N4O3. The van der Waals surface area contributed by atoms with Crippen molar-refractivity contribution in [3.63, 3.8) is 0 Å². The first-order valence-corrected chi connectivity index (χ1v) is 7.73. The molecule has 1 unspecified atom stereocenters. The number of aromatic nitrogens is 2. The maximum absolute atomic E-state index is 12.7. The van der Waals surface area contributed by atoms with Gasteiger partial charge in [0.25, 0.3) is 17.4 Å². The maximum Gasteiger partial charge on any atom is 0.280 e. The van der Waals surface area contributed by atoms with Crippen molar-refractivity contribution in [1.29, 1.82) is 0 Å². The standard InChI is InChI=1S/C17H20N4O3/c1-12-4-5-14-13(10-12)20(3)16(23)17(2,24-14)15(22)19-7-9-21-8-6-18-11-21/h4-6,8,10-11H,7,9H2,1-3H3,(H,19,22). The molecule has 2 amide bonds. The van der Waals surface area contributed by atoms with E-state index in [1.807, 2.05) is 29.8 Å². The normalized spacial score (nSPS) is 19.6. The number of hydrogen-bond donors (Lipinski definition) is 1. The summed E-state index contributed by atoms with van der Waals surface area (Å²) in [5.74, 6) is -0.318. The van der Waals surface area contributed by atoms with Crippen molar-refractivity contribution in [3.05, 3.63) is 42.5 Å². The number of aryl methyl sites for hydroxylation is 1. The number of fused-ring (bicyclic) bond motifs is 1. The van der Waals surface area contributed by atoms with E-state index in [1.165, 1.54) is 11.8 Å². The first kappa shape index (κ1) is 16.0. The first-order valence-electron chi connectivity index (χ1n) is 7.73. The van der Waals surface area contributed by atoms with Gasteiger partial charge in [-0.05, 0) is 31.5 Å². The molecule has 0 spiro atoms. The van der Waals surface area contributed by atoms with Gasteiger partial charge in [0.05, 0.1) is 12.0 Å². The second-order valence-corrected chi connectivity index (χ2v) is 6.03. The van der Waals surface area contributed by atoms with E-state index in [-0.39, 0.29) is 5.91 Å². The molecule has 24 heavy (non-hydrogen) atoms. The molecule has 0 saturated heterocycles. The predicted octanol–water partition coefficient (Wildman–Crippen LogP) is 1.12. The molecule has 1 atom stereocenters. The van der Waals surface area contributed by atoms with Crippen molar-refractivity contribution in [2.75, 3.05) is 18.5 Å². The van der Waals surface area contributed by atoms with Gasteiger partial charge in [-0.25, -0.2) is 4.98 Å². The molecule has 1 aromatic carbocycles. The van der Waals surface area contributed by atoms with Crippen LogP contribution in [0.25, 0.3) is 0 Å². The number of rotatable bonds is 4. The molecule has 0 aliphatic carbocycles. The van der Waals surface area contributed by atoms with Crippen molar-refractivity contribution in [1.82, 2.24) is 14.9 Å². The molecule has 3 rings (SSSR count). The number of benzene rings is 1.